The summed E-state index contributed by atoms with van der Waals surface area (Å²) in [4.78, 5) is 12.0. The molecule has 1 saturated carbocycles. The van der Waals surface area contributed by atoms with Crippen LogP contribution in [0.15, 0.2) is 33.6 Å². The van der Waals surface area contributed by atoms with E-state index in [0.717, 1.165) is 24.3 Å². The quantitative estimate of drug-likeness (QED) is 0.779. The van der Waals surface area contributed by atoms with E-state index in [1.165, 1.54) is 0 Å². The second-order valence-electron chi connectivity index (χ2n) is 5.21. The molecule has 22 heavy (non-hydrogen) atoms. The Hall–Kier alpha value is -2.48. The summed E-state index contributed by atoms with van der Waals surface area (Å²) >= 11 is 1.59. The Morgan fingerprint density at radius 2 is 2.41 bits per heavy atom. The number of hydrogen-bond acceptors (Lipinski definition) is 6. The van der Waals surface area contributed by atoms with E-state index in [1.54, 1.807) is 28.3 Å². The molecule has 112 valence electrons. The van der Waals surface area contributed by atoms with E-state index in [4.69, 9.17) is 4.52 Å². The molecule has 0 aromatic carbocycles. The Labute approximate surface area is 129 Å². The summed E-state index contributed by atoms with van der Waals surface area (Å²) < 4.78 is 6.85. The molecule has 1 amide bonds. The van der Waals surface area contributed by atoms with Crippen molar-refractivity contribution in [1.82, 2.24) is 25.5 Å². The van der Waals surface area contributed by atoms with Gasteiger partial charge in [-0.25, -0.2) is 4.68 Å². The Bertz CT molecular complexity index is 788. The van der Waals surface area contributed by atoms with Crippen molar-refractivity contribution in [2.24, 2.45) is 0 Å². The van der Waals surface area contributed by atoms with Crippen molar-refractivity contribution in [2.75, 3.05) is 0 Å². The molecule has 8 heteroatoms. The Balaban J connectivity index is 1.38. The van der Waals surface area contributed by atoms with Crippen molar-refractivity contribution in [2.45, 2.75) is 25.3 Å². The lowest BCUT2D eigenvalue weighted by Crippen LogP contribution is -2.23. The van der Waals surface area contributed by atoms with Crippen LogP contribution in [0.25, 0.3) is 5.69 Å². The summed E-state index contributed by atoms with van der Waals surface area (Å²) in [6.45, 7) is 0.300. The highest BCUT2D eigenvalue weighted by molar-refractivity contribution is 7.08. The van der Waals surface area contributed by atoms with E-state index in [0.29, 0.717) is 23.9 Å². The zero-order valence-electron chi connectivity index (χ0n) is 11.6. The van der Waals surface area contributed by atoms with Crippen LogP contribution in [0.2, 0.25) is 0 Å². The number of thiophene rings is 1. The van der Waals surface area contributed by atoms with Crippen LogP contribution in [0.4, 0.5) is 0 Å². The predicted octanol–water partition coefficient (Wildman–Crippen LogP) is 2.12. The first-order valence-corrected chi connectivity index (χ1v) is 7.92. The molecule has 3 heterocycles. The van der Waals surface area contributed by atoms with Crippen molar-refractivity contribution in [3.05, 3.63) is 46.2 Å². The van der Waals surface area contributed by atoms with Gasteiger partial charge in [-0.15, -0.1) is 5.10 Å². The van der Waals surface area contributed by atoms with E-state index in [1.807, 2.05) is 16.8 Å². The Morgan fingerprint density at radius 3 is 3.18 bits per heavy atom. The molecule has 0 spiro atoms. The van der Waals surface area contributed by atoms with Crippen molar-refractivity contribution in [1.29, 1.82) is 0 Å². The first-order chi connectivity index (χ1) is 10.8. The maximum Gasteiger partial charge on any atom is 0.273 e. The van der Waals surface area contributed by atoms with Crippen molar-refractivity contribution in [3.63, 3.8) is 0 Å². The molecule has 0 saturated heterocycles. The first kappa shape index (κ1) is 13.2. The monoisotopic (exact) mass is 315 g/mol. The van der Waals surface area contributed by atoms with Gasteiger partial charge in [-0.1, -0.05) is 10.4 Å². The minimum atomic E-state index is -0.263. The minimum absolute atomic E-state index is 0.263. The highest BCUT2D eigenvalue weighted by Crippen LogP contribution is 2.40. The van der Waals surface area contributed by atoms with Gasteiger partial charge in [0.25, 0.3) is 5.91 Å². The van der Waals surface area contributed by atoms with Gasteiger partial charge in [-0.2, -0.15) is 11.3 Å². The largest absolute Gasteiger partial charge is 0.360 e. The molecule has 0 radical (unpaired) electrons. The van der Waals surface area contributed by atoms with Crippen molar-refractivity contribution in [3.8, 4) is 5.69 Å². The standard InChI is InChI=1S/C14H13N5O2S/c20-14(12-5-13(21-17-12)9-1-2-9)15-6-10-7-19(18-16-10)11-3-4-22-8-11/h3-5,7-9H,1-2,6H2,(H,15,20). The zero-order chi connectivity index (χ0) is 14.9. The molecule has 3 aromatic rings. The van der Waals surface area contributed by atoms with E-state index in [2.05, 4.69) is 20.8 Å². The highest BCUT2D eigenvalue weighted by atomic mass is 32.1. The SMILES string of the molecule is O=C(NCc1cn(-c2ccsc2)nn1)c1cc(C2CC2)on1. The van der Waals surface area contributed by atoms with Crippen LogP contribution in [0, 0.1) is 0 Å². The summed E-state index contributed by atoms with van der Waals surface area (Å²) in [5, 5.41) is 18.6. The van der Waals surface area contributed by atoms with Gasteiger partial charge in [-0.05, 0) is 24.3 Å². The fraction of sp³-hybridized carbons (Fsp3) is 0.286. The van der Waals surface area contributed by atoms with Crippen molar-refractivity contribution < 1.29 is 9.32 Å². The van der Waals surface area contributed by atoms with Crippen LogP contribution in [-0.2, 0) is 6.54 Å². The molecule has 0 unspecified atom stereocenters. The first-order valence-electron chi connectivity index (χ1n) is 6.98. The molecule has 0 aliphatic heterocycles. The molecule has 0 atom stereocenters. The number of aromatic nitrogens is 4. The van der Waals surface area contributed by atoms with Gasteiger partial charge in [-0.3, -0.25) is 4.79 Å². The molecule has 4 rings (SSSR count). The average molecular weight is 315 g/mol. The van der Waals surface area contributed by atoms with E-state index >= 15 is 0 Å². The maximum absolute atomic E-state index is 12.0. The molecular formula is C14H13N5O2S. The summed E-state index contributed by atoms with van der Waals surface area (Å²) in [5.41, 5.74) is 1.96. The fourth-order valence-corrected chi connectivity index (χ4v) is 2.73. The molecule has 1 fully saturated rings. The molecule has 3 aromatic heterocycles. The van der Waals surface area contributed by atoms with Gasteiger partial charge in [0, 0.05) is 17.4 Å². The maximum atomic E-state index is 12.0. The molecule has 1 N–H and O–H groups in total. The summed E-state index contributed by atoms with van der Waals surface area (Å²) in [6.07, 6.45) is 4.02. The topological polar surface area (TPSA) is 85.8 Å². The van der Waals surface area contributed by atoms with Crippen LogP contribution in [0.3, 0.4) is 0 Å². The third kappa shape index (κ3) is 2.64. The lowest BCUT2D eigenvalue weighted by Gasteiger charge is -1.98. The fourth-order valence-electron chi connectivity index (χ4n) is 2.11. The van der Waals surface area contributed by atoms with Gasteiger partial charge < -0.3 is 9.84 Å². The average Bonchev–Trinajstić information content (AvgIpc) is 3.02. The molecule has 1 aliphatic rings. The molecule has 1 aliphatic carbocycles. The lowest BCUT2D eigenvalue weighted by atomic mass is 10.3. The summed E-state index contributed by atoms with van der Waals surface area (Å²) in [5.74, 6) is 0.980. The number of hydrogen-bond donors (Lipinski definition) is 1. The molecule has 7 nitrogen and oxygen atoms in total. The highest BCUT2D eigenvalue weighted by Gasteiger charge is 2.28. The van der Waals surface area contributed by atoms with Crippen LogP contribution in [0.1, 0.15) is 40.7 Å². The Kier molecular flexibility index (Phi) is 3.23. The molecule has 0 bridgehead atoms. The summed E-state index contributed by atoms with van der Waals surface area (Å²) in [7, 11) is 0. The normalized spacial score (nSPS) is 14.2. The number of carbonyl (C=O) groups excluding carboxylic acids is 1. The van der Waals surface area contributed by atoms with Crippen LogP contribution in [-0.4, -0.2) is 26.1 Å². The Morgan fingerprint density at radius 1 is 1.50 bits per heavy atom. The van der Waals surface area contributed by atoms with E-state index in [-0.39, 0.29) is 5.91 Å². The van der Waals surface area contributed by atoms with Crippen LogP contribution < -0.4 is 5.32 Å². The van der Waals surface area contributed by atoms with E-state index < -0.39 is 0 Å². The third-order valence-corrected chi connectivity index (χ3v) is 4.15. The smallest absolute Gasteiger partial charge is 0.273 e. The number of amides is 1. The lowest BCUT2D eigenvalue weighted by molar-refractivity contribution is 0.0941. The van der Waals surface area contributed by atoms with E-state index in [9.17, 15) is 4.79 Å². The minimum Gasteiger partial charge on any atom is -0.360 e. The second kappa shape index (κ2) is 5.38. The van der Waals surface area contributed by atoms with Crippen LogP contribution in [0.5, 0.6) is 0 Å². The van der Waals surface area contributed by atoms with Gasteiger partial charge in [0.2, 0.25) is 0 Å². The predicted molar refractivity (Wildman–Crippen MR) is 78.9 cm³/mol. The zero-order valence-corrected chi connectivity index (χ0v) is 12.4. The van der Waals surface area contributed by atoms with Crippen molar-refractivity contribution >= 4 is 17.2 Å². The number of nitrogens with zero attached hydrogens (tertiary/aromatic N) is 4. The van der Waals surface area contributed by atoms with Gasteiger partial charge in [0.15, 0.2) is 5.69 Å². The number of rotatable bonds is 5. The third-order valence-electron chi connectivity index (χ3n) is 3.48. The molecular weight excluding hydrogens is 302 g/mol. The summed E-state index contributed by atoms with van der Waals surface area (Å²) in [6, 6.07) is 3.67. The van der Waals surface area contributed by atoms with Crippen LogP contribution >= 0.6 is 11.3 Å². The van der Waals surface area contributed by atoms with Gasteiger partial charge >= 0.3 is 0 Å². The second-order valence-corrected chi connectivity index (χ2v) is 5.99. The van der Waals surface area contributed by atoms with Gasteiger partial charge in [0.1, 0.15) is 11.5 Å². The van der Waals surface area contributed by atoms with Gasteiger partial charge in [0.05, 0.1) is 18.4 Å². The number of carbonyl (C=O) groups is 1. The number of nitrogens with one attached hydrogen (secondary N) is 1.